The maximum absolute atomic E-state index is 12.8. The van der Waals surface area contributed by atoms with E-state index in [1.54, 1.807) is 0 Å². The van der Waals surface area contributed by atoms with Crippen LogP contribution in [-0.2, 0) is 23.7 Å². The summed E-state index contributed by atoms with van der Waals surface area (Å²) >= 11 is 0. The number of hydrogen-bond donors (Lipinski definition) is 0. The summed E-state index contributed by atoms with van der Waals surface area (Å²) in [5.41, 5.74) is 0.660. The van der Waals surface area contributed by atoms with Gasteiger partial charge in [0.25, 0.3) is 0 Å². The Bertz CT molecular complexity index is 774. The van der Waals surface area contributed by atoms with Gasteiger partial charge in [0.05, 0.1) is 14.2 Å². The van der Waals surface area contributed by atoms with Crippen LogP contribution in [0.5, 0.6) is 0 Å². The van der Waals surface area contributed by atoms with Crippen LogP contribution in [0.4, 0.5) is 9.59 Å². The first-order chi connectivity index (χ1) is 14.2. The summed E-state index contributed by atoms with van der Waals surface area (Å²) < 4.78 is 20.7. The van der Waals surface area contributed by atoms with Gasteiger partial charge in [-0.2, -0.15) is 0 Å². The van der Waals surface area contributed by atoms with E-state index in [9.17, 15) is 14.4 Å². The molecule has 30 heavy (non-hydrogen) atoms. The van der Waals surface area contributed by atoms with Gasteiger partial charge in [-0.3, -0.25) is 4.79 Å². The molecule has 0 aromatic heterocycles. The van der Waals surface area contributed by atoms with Crippen LogP contribution in [0.3, 0.4) is 0 Å². The third-order valence-corrected chi connectivity index (χ3v) is 8.52. The summed E-state index contributed by atoms with van der Waals surface area (Å²) in [5.74, 6) is 1.02. The van der Waals surface area contributed by atoms with Crippen LogP contribution in [0.1, 0.15) is 58.8 Å². The van der Waals surface area contributed by atoms with Gasteiger partial charge in [-0.1, -0.05) is 25.5 Å². The van der Waals surface area contributed by atoms with Crippen LogP contribution in [0, 0.1) is 28.6 Å². The molecule has 0 bridgehead atoms. The second-order valence-electron chi connectivity index (χ2n) is 9.81. The Morgan fingerprint density at radius 3 is 2.43 bits per heavy atom. The van der Waals surface area contributed by atoms with Crippen molar-refractivity contribution in [2.24, 2.45) is 28.6 Å². The van der Waals surface area contributed by atoms with E-state index in [-0.39, 0.29) is 29.5 Å². The van der Waals surface area contributed by atoms with E-state index in [1.807, 2.05) is 0 Å². The van der Waals surface area contributed by atoms with Crippen molar-refractivity contribution in [3.63, 3.8) is 0 Å². The molecule has 4 aliphatic rings. The molecule has 0 amide bonds. The quantitative estimate of drug-likeness (QED) is 0.482. The molecule has 4 rings (SSSR count). The molecule has 3 fully saturated rings. The van der Waals surface area contributed by atoms with Gasteiger partial charge >= 0.3 is 12.3 Å². The Kier molecular flexibility index (Phi) is 5.35. The van der Waals surface area contributed by atoms with E-state index >= 15 is 0 Å². The monoisotopic (exact) mass is 420 g/mol. The Morgan fingerprint density at radius 2 is 1.73 bits per heavy atom. The van der Waals surface area contributed by atoms with Gasteiger partial charge in [0.1, 0.15) is 18.0 Å². The van der Waals surface area contributed by atoms with Crippen molar-refractivity contribution in [2.45, 2.75) is 71.0 Å². The van der Waals surface area contributed by atoms with Crippen molar-refractivity contribution in [3.05, 3.63) is 11.6 Å². The molecule has 4 aliphatic carbocycles. The molecule has 0 aromatic carbocycles. The number of carbonyl (C=O) groups excluding carboxylic acids is 3. The molecule has 0 spiro atoms. The molecule has 0 saturated heterocycles. The van der Waals surface area contributed by atoms with Gasteiger partial charge in [-0.05, 0) is 49.4 Å². The predicted octanol–water partition coefficient (Wildman–Crippen LogP) is 4.43. The third kappa shape index (κ3) is 3.21. The molecule has 0 unspecified atom stereocenters. The zero-order valence-corrected chi connectivity index (χ0v) is 18.3. The van der Waals surface area contributed by atoms with Gasteiger partial charge in [0.15, 0.2) is 0 Å². The molecule has 7 atom stereocenters. The molecular formula is C23H32O7. The lowest BCUT2D eigenvalue weighted by Gasteiger charge is -2.58. The SMILES string of the molecule is COC(=O)O[C@H]1CC[C@@]2(C)C(=CC[C@@H]3[C@@H]2[C@H](OC(=O)OC)C[C@]2(C)C(=O)CC[C@@H]32)C1. The van der Waals surface area contributed by atoms with Gasteiger partial charge < -0.3 is 18.9 Å². The van der Waals surface area contributed by atoms with Gasteiger partial charge in [-0.15, -0.1) is 0 Å². The molecule has 0 aliphatic heterocycles. The maximum Gasteiger partial charge on any atom is 0.508 e. The molecule has 3 saturated carbocycles. The molecule has 166 valence electrons. The van der Waals surface area contributed by atoms with Crippen molar-refractivity contribution in [3.8, 4) is 0 Å². The predicted molar refractivity (Wildman–Crippen MR) is 107 cm³/mol. The Hall–Kier alpha value is -2.05. The summed E-state index contributed by atoms with van der Waals surface area (Å²) in [5, 5.41) is 0. The van der Waals surface area contributed by atoms with Crippen molar-refractivity contribution in [2.75, 3.05) is 14.2 Å². The van der Waals surface area contributed by atoms with Crippen molar-refractivity contribution in [1.29, 1.82) is 0 Å². The first-order valence-corrected chi connectivity index (χ1v) is 10.9. The standard InChI is InChI=1S/C23H32O7/c1-22-10-9-14(29-20(25)27-3)11-13(22)5-6-15-16-7-8-18(24)23(16,2)12-17(19(15)22)30-21(26)28-4/h5,14-17,19H,6-12H2,1-4H3/t14-,15-,16-,17+,19+,22-,23-/m0/s1. The van der Waals surface area contributed by atoms with Crippen LogP contribution < -0.4 is 0 Å². The first-order valence-electron chi connectivity index (χ1n) is 10.9. The third-order valence-electron chi connectivity index (χ3n) is 8.52. The van der Waals surface area contributed by atoms with Crippen LogP contribution in [0.2, 0.25) is 0 Å². The lowest BCUT2D eigenvalue weighted by Crippen LogP contribution is -2.57. The molecule has 7 heteroatoms. The lowest BCUT2D eigenvalue weighted by atomic mass is 9.47. The number of fused-ring (bicyclic) bond motifs is 5. The molecule has 0 N–H and O–H groups in total. The average molecular weight is 421 g/mol. The zero-order chi connectivity index (χ0) is 21.7. The number of methoxy groups -OCH3 is 2. The number of rotatable bonds is 2. The van der Waals surface area contributed by atoms with Gasteiger partial charge in [-0.25, -0.2) is 9.59 Å². The molecule has 7 nitrogen and oxygen atoms in total. The maximum atomic E-state index is 12.8. The van der Waals surface area contributed by atoms with E-state index in [0.717, 1.165) is 25.7 Å². The Morgan fingerprint density at radius 1 is 1.03 bits per heavy atom. The van der Waals surface area contributed by atoms with Crippen LogP contribution in [0.25, 0.3) is 0 Å². The van der Waals surface area contributed by atoms with Crippen LogP contribution in [0.15, 0.2) is 11.6 Å². The number of ketones is 1. The van der Waals surface area contributed by atoms with Crippen LogP contribution in [-0.4, -0.2) is 44.5 Å². The van der Waals surface area contributed by atoms with Crippen molar-refractivity contribution < 1.29 is 33.3 Å². The minimum Gasteiger partial charge on any atom is -0.438 e. The summed E-state index contributed by atoms with van der Waals surface area (Å²) in [7, 11) is 2.63. The number of carbonyl (C=O) groups is 3. The summed E-state index contributed by atoms with van der Waals surface area (Å²) in [6.07, 6.45) is 5.56. The lowest BCUT2D eigenvalue weighted by molar-refractivity contribution is -0.148. The number of allylic oxidation sites excluding steroid dienone is 1. The fourth-order valence-electron chi connectivity index (χ4n) is 7.06. The highest BCUT2D eigenvalue weighted by Gasteiger charge is 2.63. The summed E-state index contributed by atoms with van der Waals surface area (Å²) in [6.45, 7) is 4.30. The Labute approximate surface area is 177 Å². The average Bonchev–Trinajstić information content (AvgIpc) is 3.02. The van der Waals surface area contributed by atoms with E-state index in [2.05, 4.69) is 24.7 Å². The second-order valence-corrected chi connectivity index (χ2v) is 9.81. The van der Waals surface area contributed by atoms with E-state index in [0.29, 0.717) is 31.0 Å². The number of hydrogen-bond acceptors (Lipinski definition) is 7. The van der Waals surface area contributed by atoms with Crippen molar-refractivity contribution in [1.82, 2.24) is 0 Å². The minimum atomic E-state index is -0.686. The highest BCUT2D eigenvalue weighted by atomic mass is 16.7. The molecule has 0 heterocycles. The summed E-state index contributed by atoms with van der Waals surface area (Å²) in [6, 6.07) is 0. The van der Waals surface area contributed by atoms with E-state index < -0.39 is 17.7 Å². The fraction of sp³-hybridized carbons (Fsp3) is 0.783. The number of ether oxygens (including phenoxy) is 4. The van der Waals surface area contributed by atoms with E-state index in [4.69, 9.17) is 14.2 Å². The van der Waals surface area contributed by atoms with E-state index in [1.165, 1.54) is 19.8 Å². The minimum absolute atomic E-state index is 0.125. The highest BCUT2D eigenvalue weighted by Crippen LogP contribution is 2.64. The van der Waals surface area contributed by atoms with Gasteiger partial charge in [0.2, 0.25) is 0 Å². The smallest absolute Gasteiger partial charge is 0.438 e. The summed E-state index contributed by atoms with van der Waals surface area (Å²) in [4.78, 5) is 36.5. The van der Waals surface area contributed by atoms with Crippen LogP contribution >= 0.6 is 0 Å². The fourth-order valence-corrected chi connectivity index (χ4v) is 7.06. The zero-order valence-electron chi connectivity index (χ0n) is 18.3. The first kappa shape index (κ1) is 21.2. The normalized spacial score (nSPS) is 42.2. The molecule has 0 aromatic rings. The molecule has 0 radical (unpaired) electrons. The molecular weight excluding hydrogens is 388 g/mol. The Balaban J connectivity index is 1.66. The second kappa shape index (κ2) is 7.57. The highest BCUT2D eigenvalue weighted by molar-refractivity contribution is 5.87. The largest absolute Gasteiger partial charge is 0.508 e. The van der Waals surface area contributed by atoms with Gasteiger partial charge in [0, 0.05) is 24.2 Å². The number of Topliss-reactive ketones (excluding diaryl/α,β-unsaturated/α-hetero) is 1. The topological polar surface area (TPSA) is 88.1 Å². The van der Waals surface area contributed by atoms with Crippen molar-refractivity contribution >= 4 is 18.1 Å².